The van der Waals surface area contributed by atoms with Crippen LogP contribution in [0, 0.1) is 4.77 Å². The molecule has 18 heavy (non-hydrogen) atoms. The number of H-pyrrole nitrogens is 1. The van der Waals surface area contributed by atoms with Crippen LogP contribution in [0.5, 0.6) is 0 Å². The van der Waals surface area contributed by atoms with E-state index in [2.05, 4.69) is 15.6 Å². The Morgan fingerprint density at radius 3 is 3.06 bits per heavy atom. The summed E-state index contributed by atoms with van der Waals surface area (Å²) >= 11 is 11.6. The normalized spacial score (nSPS) is 23.9. The maximum Gasteiger partial charge on any atom is 0.178 e. The van der Waals surface area contributed by atoms with Gasteiger partial charge in [-0.25, -0.2) is 0 Å². The van der Waals surface area contributed by atoms with E-state index in [-0.39, 0.29) is 6.10 Å². The van der Waals surface area contributed by atoms with Crippen molar-refractivity contribution >= 4 is 34.9 Å². The van der Waals surface area contributed by atoms with Crippen LogP contribution in [0.4, 0.5) is 0 Å². The first kappa shape index (κ1) is 12.2. The fraction of sp³-hybridized carbons (Fsp3) is 0.462. The SMILES string of the molecule is COC1CCCC1n1c(=S)[nH]c2c(Cl)cccc21. The van der Waals surface area contributed by atoms with Crippen LogP contribution < -0.4 is 0 Å². The summed E-state index contributed by atoms with van der Waals surface area (Å²) in [5.74, 6) is 0. The van der Waals surface area contributed by atoms with Gasteiger partial charge in [0.15, 0.2) is 4.77 Å². The number of nitrogens with one attached hydrogen (secondary N) is 1. The van der Waals surface area contributed by atoms with E-state index >= 15 is 0 Å². The summed E-state index contributed by atoms with van der Waals surface area (Å²) in [5.41, 5.74) is 1.99. The van der Waals surface area contributed by atoms with E-state index < -0.39 is 0 Å². The van der Waals surface area contributed by atoms with Crippen molar-refractivity contribution in [2.45, 2.75) is 31.4 Å². The van der Waals surface area contributed by atoms with Crippen molar-refractivity contribution in [3.8, 4) is 0 Å². The summed E-state index contributed by atoms with van der Waals surface area (Å²) in [6.07, 6.45) is 3.62. The van der Waals surface area contributed by atoms with E-state index in [0.717, 1.165) is 28.6 Å². The number of imidazole rings is 1. The Balaban J connectivity index is 2.20. The first-order valence-electron chi connectivity index (χ1n) is 6.14. The van der Waals surface area contributed by atoms with Crippen LogP contribution in [-0.4, -0.2) is 22.8 Å². The second-order valence-electron chi connectivity index (χ2n) is 4.71. The van der Waals surface area contributed by atoms with E-state index in [9.17, 15) is 0 Å². The summed E-state index contributed by atoms with van der Waals surface area (Å²) in [6.45, 7) is 0. The van der Waals surface area contributed by atoms with Gasteiger partial charge >= 0.3 is 0 Å². The number of benzene rings is 1. The second-order valence-corrected chi connectivity index (χ2v) is 5.50. The predicted octanol–water partition coefficient (Wildman–Crippen LogP) is 4.09. The lowest BCUT2D eigenvalue weighted by Crippen LogP contribution is -2.20. The van der Waals surface area contributed by atoms with Crippen LogP contribution >= 0.6 is 23.8 Å². The Morgan fingerprint density at radius 1 is 1.44 bits per heavy atom. The maximum atomic E-state index is 6.20. The first-order chi connectivity index (χ1) is 8.72. The Morgan fingerprint density at radius 2 is 2.28 bits per heavy atom. The highest BCUT2D eigenvalue weighted by Gasteiger charge is 2.30. The van der Waals surface area contributed by atoms with Gasteiger partial charge in [0.05, 0.1) is 28.2 Å². The van der Waals surface area contributed by atoms with Gasteiger partial charge < -0.3 is 14.3 Å². The molecule has 1 aliphatic carbocycles. The smallest absolute Gasteiger partial charge is 0.178 e. The second kappa shape index (κ2) is 4.68. The Bertz CT molecular complexity index is 633. The largest absolute Gasteiger partial charge is 0.379 e. The Hall–Kier alpha value is -0.840. The summed E-state index contributed by atoms with van der Waals surface area (Å²) < 4.78 is 8.46. The molecule has 1 N–H and O–H groups in total. The summed E-state index contributed by atoms with van der Waals surface area (Å²) in [7, 11) is 1.77. The van der Waals surface area contributed by atoms with Crippen LogP contribution in [0.15, 0.2) is 18.2 Å². The van der Waals surface area contributed by atoms with Crippen LogP contribution in [-0.2, 0) is 4.74 Å². The number of hydrogen-bond donors (Lipinski definition) is 1. The number of aromatic nitrogens is 2. The third-order valence-electron chi connectivity index (χ3n) is 3.75. The molecule has 2 aromatic rings. The molecule has 0 radical (unpaired) electrons. The van der Waals surface area contributed by atoms with E-state index in [4.69, 9.17) is 28.6 Å². The van der Waals surface area contributed by atoms with Gasteiger partial charge in [0, 0.05) is 7.11 Å². The lowest BCUT2D eigenvalue weighted by molar-refractivity contribution is 0.0758. The molecule has 0 bridgehead atoms. The summed E-state index contributed by atoms with van der Waals surface area (Å²) in [5, 5.41) is 0.712. The van der Waals surface area contributed by atoms with Gasteiger partial charge in [0.2, 0.25) is 0 Å². The number of nitrogens with zero attached hydrogens (tertiary/aromatic N) is 1. The molecular weight excluding hydrogens is 268 g/mol. The molecule has 2 unspecified atom stereocenters. The fourth-order valence-electron chi connectivity index (χ4n) is 2.92. The molecule has 5 heteroatoms. The molecule has 1 aromatic heterocycles. The van der Waals surface area contributed by atoms with Crippen molar-refractivity contribution in [1.29, 1.82) is 0 Å². The number of ether oxygens (including phenoxy) is 1. The standard InChI is InChI=1S/C13H15ClN2OS/c1-17-11-7-3-5-9(11)16-10-6-2-4-8(14)12(10)15-13(16)18/h2,4,6,9,11H,3,5,7H2,1H3,(H,15,18). The zero-order valence-electron chi connectivity index (χ0n) is 10.1. The molecule has 1 saturated carbocycles. The van der Waals surface area contributed by atoms with Crippen molar-refractivity contribution < 1.29 is 4.74 Å². The molecule has 1 aromatic carbocycles. The molecule has 0 saturated heterocycles. The van der Waals surface area contributed by atoms with Crippen LogP contribution in [0.3, 0.4) is 0 Å². The van der Waals surface area contributed by atoms with Crippen LogP contribution in [0.2, 0.25) is 5.02 Å². The molecule has 1 aliphatic rings. The molecule has 0 spiro atoms. The van der Waals surface area contributed by atoms with Crippen molar-refractivity contribution in [2.24, 2.45) is 0 Å². The average Bonchev–Trinajstić information content (AvgIpc) is 2.93. The Kier molecular flexibility index (Phi) is 3.18. The summed E-state index contributed by atoms with van der Waals surface area (Å²) in [6, 6.07) is 6.20. The minimum atomic E-state index is 0.245. The molecule has 96 valence electrons. The van der Waals surface area contributed by atoms with E-state index in [0.29, 0.717) is 11.1 Å². The third-order valence-corrected chi connectivity index (χ3v) is 4.37. The minimum absolute atomic E-state index is 0.245. The quantitative estimate of drug-likeness (QED) is 0.841. The summed E-state index contributed by atoms with van der Waals surface area (Å²) in [4.78, 5) is 3.21. The van der Waals surface area contributed by atoms with Gasteiger partial charge in [-0.2, -0.15) is 0 Å². The van der Waals surface area contributed by atoms with Crippen molar-refractivity contribution in [2.75, 3.05) is 7.11 Å². The fourth-order valence-corrected chi connectivity index (χ4v) is 3.47. The van der Waals surface area contributed by atoms with Gasteiger partial charge in [-0.3, -0.25) is 0 Å². The van der Waals surface area contributed by atoms with E-state index in [1.54, 1.807) is 7.11 Å². The Labute approximate surface area is 116 Å². The first-order valence-corrected chi connectivity index (χ1v) is 6.92. The van der Waals surface area contributed by atoms with Crippen LogP contribution in [0.1, 0.15) is 25.3 Å². The number of fused-ring (bicyclic) bond motifs is 1. The highest BCUT2D eigenvalue weighted by molar-refractivity contribution is 7.71. The van der Waals surface area contributed by atoms with Gasteiger partial charge in [-0.05, 0) is 43.6 Å². The molecule has 1 heterocycles. The maximum absolute atomic E-state index is 6.20. The van der Waals surface area contributed by atoms with Crippen molar-refractivity contribution in [3.05, 3.63) is 28.0 Å². The van der Waals surface area contributed by atoms with Gasteiger partial charge in [0.25, 0.3) is 0 Å². The van der Waals surface area contributed by atoms with Crippen molar-refractivity contribution in [3.63, 3.8) is 0 Å². The van der Waals surface area contributed by atoms with E-state index in [1.165, 1.54) is 6.42 Å². The lowest BCUT2D eigenvalue weighted by Gasteiger charge is -2.20. The number of para-hydroxylation sites is 1. The highest BCUT2D eigenvalue weighted by atomic mass is 35.5. The number of halogens is 1. The number of rotatable bonds is 2. The molecule has 3 nitrogen and oxygen atoms in total. The lowest BCUT2D eigenvalue weighted by atomic mass is 10.2. The molecular formula is C13H15ClN2OS. The highest BCUT2D eigenvalue weighted by Crippen LogP contribution is 2.35. The molecule has 0 aliphatic heterocycles. The van der Waals surface area contributed by atoms with Gasteiger partial charge in [-0.15, -0.1) is 0 Å². The van der Waals surface area contributed by atoms with E-state index in [1.807, 2.05) is 12.1 Å². The third kappa shape index (κ3) is 1.79. The van der Waals surface area contributed by atoms with Crippen molar-refractivity contribution in [1.82, 2.24) is 9.55 Å². The molecule has 3 rings (SSSR count). The van der Waals surface area contributed by atoms with Crippen LogP contribution in [0.25, 0.3) is 11.0 Å². The number of hydrogen-bond acceptors (Lipinski definition) is 2. The minimum Gasteiger partial charge on any atom is -0.379 e. The van der Waals surface area contributed by atoms with Gasteiger partial charge in [0.1, 0.15) is 0 Å². The molecule has 2 atom stereocenters. The zero-order chi connectivity index (χ0) is 12.7. The number of methoxy groups -OCH3 is 1. The average molecular weight is 283 g/mol. The number of aromatic amines is 1. The topological polar surface area (TPSA) is 29.9 Å². The van der Waals surface area contributed by atoms with Gasteiger partial charge in [-0.1, -0.05) is 17.7 Å². The molecule has 1 fully saturated rings. The zero-order valence-corrected chi connectivity index (χ0v) is 11.7. The monoisotopic (exact) mass is 282 g/mol. The predicted molar refractivity (Wildman–Crippen MR) is 75.8 cm³/mol. The molecule has 0 amide bonds.